The maximum atomic E-state index is 12.4. The second-order valence-corrected chi connectivity index (χ2v) is 6.05. The highest BCUT2D eigenvalue weighted by Gasteiger charge is 2.36. The summed E-state index contributed by atoms with van der Waals surface area (Å²) in [5, 5.41) is 2.87. The summed E-state index contributed by atoms with van der Waals surface area (Å²) in [6.45, 7) is 2.04. The Kier molecular flexibility index (Phi) is 4.05. The van der Waals surface area contributed by atoms with Crippen molar-refractivity contribution in [3.05, 3.63) is 16.6 Å². The van der Waals surface area contributed by atoms with Gasteiger partial charge in [0.1, 0.15) is 18.8 Å². The number of carbonyl (C=O) groups excluding carboxylic acids is 1. The number of nitrogens with two attached hydrogens (primary N) is 1. The standard InChI is InChI=1S/C14H17BrN2O4/c15-9-7-11-12(21-6-5-20-11)8-10(9)17-13(18)14(16)1-3-19-4-2-14/h7-8H,1-6,16H2,(H,17,18). The Morgan fingerprint density at radius 2 is 1.76 bits per heavy atom. The number of fused-ring (bicyclic) bond motifs is 1. The summed E-state index contributed by atoms with van der Waals surface area (Å²) in [5.74, 6) is 1.08. The normalized spacial score (nSPS) is 19.9. The van der Waals surface area contributed by atoms with Gasteiger partial charge in [-0.05, 0) is 28.8 Å². The van der Waals surface area contributed by atoms with Crippen LogP contribution in [0.5, 0.6) is 11.5 Å². The molecule has 21 heavy (non-hydrogen) atoms. The van der Waals surface area contributed by atoms with Gasteiger partial charge in [-0.1, -0.05) is 0 Å². The average molecular weight is 357 g/mol. The molecule has 3 N–H and O–H groups in total. The van der Waals surface area contributed by atoms with Crippen LogP contribution in [0.4, 0.5) is 5.69 Å². The van der Waals surface area contributed by atoms with Gasteiger partial charge in [0.05, 0.1) is 5.69 Å². The van der Waals surface area contributed by atoms with E-state index in [1.54, 1.807) is 12.1 Å². The number of hydrogen-bond acceptors (Lipinski definition) is 5. The fraction of sp³-hybridized carbons (Fsp3) is 0.500. The highest BCUT2D eigenvalue weighted by molar-refractivity contribution is 9.10. The van der Waals surface area contributed by atoms with Gasteiger partial charge in [0.15, 0.2) is 11.5 Å². The molecule has 1 fully saturated rings. The van der Waals surface area contributed by atoms with Gasteiger partial charge in [0, 0.05) is 29.8 Å². The fourth-order valence-corrected chi connectivity index (χ4v) is 2.79. The number of halogens is 1. The first-order chi connectivity index (χ1) is 10.1. The van der Waals surface area contributed by atoms with E-state index in [4.69, 9.17) is 19.9 Å². The zero-order valence-electron chi connectivity index (χ0n) is 11.5. The summed E-state index contributed by atoms with van der Waals surface area (Å²) in [7, 11) is 0. The molecule has 0 aromatic heterocycles. The molecule has 0 unspecified atom stereocenters. The molecule has 1 saturated heterocycles. The molecule has 2 aliphatic rings. The summed E-state index contributed by atoms with van der Waals surface area (Å²) >= 11 is 3.43. The summed E-state index contributed by atoms with van der Waals surface area (Å²) in [6, 6.07) is 3.54. The van der Waals surface area contributed by atoms with E-state index in [-0.39, 0.29) is 5.91 Å². The van der Waals surface area contributed by atoms with Crippen molar-refractivity contribution in [2.24, 2.45) is 5.73 Å². The topological polar surface area (TPSA) is 82.8 Å². The van der Waals surface area contributed by atoms with Gasteiger partial charge in [-0.2, -0.15) is 0 Å². The third-order valence-corrected chi connectivity index (χ3v) is 4.37. The second-order valence-electron chi connectivity index (χ2n) is 5.20. The van der Waals surface area contributed by atoms with E-state index in [0.29, 0.717) is 56.5 Å². The van der Waals surface area contributed by atoms with Crippen molar-refractivity contribution in [1.82, 2.24) is 0 Å². The molecule has 0 aliphatic carbocycles. The Morgan fingerprint density at radius 3 is 2.43 bits per heavy atom. The third-order valence-electron chi connectivity index (χ3n) is 3.72. The number of benzene rings is 1. The molecular formula is C14H17BrN2O4. The van der Waals surface area contributed by atoms with Crippen molar-refractivity contribution in [3.8, 4) is 11.5 Å². The van der Waals surface area contributed by atoms with E-state index >= 15 is 0 Å². The number of amides is 1. The van der Waals surface area contributed by atoms with Crippen molar-refractivity contribution in [3.63, 3.8) is 0 Å². The zero-order chi connectivity index (χ0) is 14.9. The van der Waals surface area contributed by atoms with Gasteiger partial charge < -0.3 is 25.3 Å². The largest absolute Gasteiger partial charge is 0.486 e. The van der Waals surface area contributed by atoms with Crippen molar-refractivity contribution in [1.29, 1.82) is 0 Å². The highest BCUT2D eigenvalue weighted by atomic mass is 79.9. The lowest BCUT2D eigenvalue weighted by Gasteiger charge is -2.32. The van der Waals surface area contributed by atoms with Crippen LogP contribution in [-0.4, -0.2) is 37.9 Å². The Balaban J connectivity index is 1.79. The van der Waals surface area contributed by atoms with Crippen LogP contribution < -0.4 is 20.5 Å². The SMILES string of the molecule is NC1(C(=O)Nc2cc3c(cc2Br)OCCO3)CCOCC1. The zero-order valence-corrected chi connectivity index (χ0v) is 13.1. The maximum absolute atomic E-state index is 12.4. The predicted molar refractivity (Wildman–Crippen MR) is 80.7 cm³/mol. The molecule has 0 radical (unpaired) electrons. The summed E-state index contributed by atoms with van der Waals surface area (Å²) in [5.41, 5.74) is 5.92. The number of ether oxygens (including phenoxy) is 3. The van der Waals surface area contributed by atoms with E-state index in [0.717, 1.165) is 4.47 Å². The van der Waals surface area contributed by atoms with Gasteiger partial charge in [-0.3, -0.25) is 4.79 Å². The van der Waals surface area contributed by atoms with Crippen molar-refractivity contribution < 1.29 is 19.0 Å². The van der Waals surface area contributed by atoms with E-state index < -0.39 is 5.54 Å². The lowest BCUT2D eigenvalue weighted by Crippen LogP contribution is -2.54. The number of rotatable bonds is 2. The van der Waals surface area contributed by atoms with Crippen LogP contribution >= 0.6 is 15.9 Å². The van der Waals surface area contributed by atoms with Crippen LogP contribution in [0.15, 0.2) is 16.6 Å². The first-order valence-corrected chi connectivity index (χ1v) is 7.65. The van der Waals surface area contributed by atoms with Crippen LogP contribution in [0.25, 0.3) is 0 Å². The van der Waals surface area contributed by atoms with Gasteiger partial charge in [0.2, 0.25) is 5.91 Å². The molecule has 3 rings (SSSR count). The Bertz CT molecular complexity index is 558. The molecule has 0 atom stereocenters. The van der Waals surface area contributed by atoms with Crippen LogP contribution in [0.3, 0.4) is 0 Å². The molecule has 6 nitrogen and oxygen atoms in total. The molecule has 114 valence electrons. The van der Waals surface area contributed by atoms with E-state index in [9.17, 15) is 4.79 Å². The molecule has 0 saturated carbocycles. The summed E-state index contributed by atoms with van der Waals surface area (Å²) < 4.78 is 17.0. The number of carbonyl (C=O) groups is 1. The van der Waals surface area contributed by atoms with Crippen molar-refractivity contribution in [2.75, 3.05) is 31.7 Å². The number of nitrogens with one attached hydrogen (secondary N) is 1. The molecule has 2 aliphatic heterocycles. The number of anilines is 1. The average Bonchev–Trinajstić information content (AvgIpc) is 2.48. The molecular weight excluding hydrogens is 340 g/mol. The molecule has 1 amide bonds. The minimum Gasteiger partial charge on any atom is -0.486 e. The Labute approximate surface area is 131 Å². The highest BCUT2D eigenvalue weighted by Crippen LogP contribution is 2.38. The molecule has 1 aromatic rings. The third kappa shape index (κ3) is 3.00. The van der Waals surface area contributed by atoms with E-state index in [1.165, 1.54) is 0 Å². The summed E-state index contributed by atoms with van der Waals surface area (Å²) in [6.07, 6.45) is 1.03. The molecule has 2 heterocycles. The van der Waals surface area contributed by atoms with E-state index in [2.05, 4.69) is 21.2 Å². The number of hydrogen-bond donors (Lipinski definition) is 2. The molecule has 1 aromatic carbocycles. The minimum absolute atomic E-state index is 0.205. The monoisotopic (exact) mass is 356 g/mol. The first-order valence-electron chi connectivity index (χ1n) is 6.86. The molecule has 0 bridgehead atoms. The first kappa shape index (κ1) is 14.6. The van der Waals surface area contributed by atoms with Gasteiger partial charge in [-0.15, -0.1) is 0 Å². The lowest BCUT2D eigenvalue weighted by atomic mass is 9.90. The van der Waals surface area contributed by atoms with Crippen LogP contribution in [0, 0.1) is 0 Å². The quantitative estimate of drug-likeness (QED) is 0.841. The lowest BCUT2D eigenvalue weighted by molar-refractivity contribution is -0.124. The van der Waals surface area contributed by atoms with Crippen LogP contribution in [0.1, 0.15) is 12.8 Å². The van der Waals surface area contributed by atoms with Gasteiger partial charge >= 0.3 is 0 Å². The summed E-state index contributed by atoms with van der Waals surface area (Å²) in [4.78, 5) is 12.4. The minimum atomic E-state index is -0.884. The van der Waals surface area contributed by atoms with Crippen LogP contribution in [-0.2, 0) is 9.53 Å². The Morgan fingerprint density at radius 1 is 1.14 bits per heavy atom. The second kappa shape index (κ2) is 5.82. The molecule has 0 spiro atoms. The molecule has 7 heteroatoms. The smallest absolute Gasteiger partial charge is 0.244 e. The Hall–Kier alpha value is -1.31. The predicted octanol–water partition coefficient (Wildman–Crippen LogP) is 1.67. The van der Waals surface area contributed by atoms with Gasteiger partial charge in [0.25, 0.3) is 0 Å². The van der Waals surface area contributed by atoms with E-state index in [1.807, 2.05) is 0 Å². The van der Waals surface area contributed by atoms with Crippen LogP contribution in [0.2, 0.25) is 0 Å². The van der Waals surface area contributed by atoms with Gasteiger partial charge in [-0.25, -0.2) is 0 Å². The van der Waals surface area contributed by atoms with Crippen molar-refractivity contribution in [2.45, 2.75) is 18.4 Å². The fourth-order valence-electron chi connectivity index (χ4n) is 2.37. The maximum Gasteiger partial charge on any atom is 0.244 e. The van der Waals surface area contributed by atoms with Crippen molar-refractivity contribution >= 4 is 27.5 Å².